The second kappa shape index (κ2) is 6.43. The number of aliphatic carboxylic acids is 1. The van der Waals surface area contributed by atoms with E-state index in [1.165, 1.54) is 6.92 Å². The fourth-order valence-electron chi connectivity index (χ4n) is 0. The molecule has 0 rings (SSSR count). The van der Waals surface area contributed by atoms with Crippen molar-refractivity contribution < 1.29 is 15.0 Å². The number of hydrogen-bond donors (Lipinski definition) is 2. The van der Waals surface area contributed by atoms with Gasteiger partial charge in [0.2, 0.25) is 0 Å². The maximum Gasteiger partial charge on any atom is 0.332 e. The van der Waals surface area contributed by atoms with E-state index < -0.39 is 12.1 Å². The van der Waals surface area contributed by atoms with Crippen molar-refractivity contribution in [2.45, 2.75) is 26.9 Å². The molecule has 0 saturated carbocycles. The highest BCUT2D eigenvalue weighted by Crippen LogP contribution is 1.73. The maximum absolute atomic E-state index is 9.45. The highest BCUT2D eigenvalue weighted by Gasteiger charge is 2.01. The normalized spacial score (nSPS) is 11.0. The number of rotatable bonds is 1. The number of carboxylic acids is 1. The lowest BCUT2D eigenvalue weighted by atomic mass is 10.4. The number of hydrogen-bond acceptors (Lipinski definition) is 2. The summed E-state index contributed by atoms with van der Waals surface area (Å²) in [7, 11) is 0. The van der Waals surface area contributed by atoms with Gasteiger partial charge in [0.15, 0.2) is 0 Å². The van der Waals surface area contributed by atoms with Gasteiger partial charge in [-0.05, 0) is 6.92 Å². The molecule has 0 saturated heterocycles. The van der Waals surface area contributed by atoms with Gasteiger partial charge >= 0.3 is 5.97 Å². The Morgan fingerprint density at radius 2 is 1.62 bits per heavy atom. The molecule has 0 aliphatic rings. The first-order valence-electron chi connectivity index (χ1n) is 2.55. The predicted octanol–water partition coefficient (Wildman–Crippen LogP) is 0.478. The average molecular weight is 120 g/mol. The van der Waals surface area contributed by atoms with Crippen LogP contribution in [0, 0.1) is 0 Å². The quantitative estimate of drug-likeness (QED) is 0.529. The minimum atomic E-state index is -1.23. The zero-order valence-electron chi connectivity index (χ0n) is 5.38. The standard InChI is InChI=1S/C3H6O3.C2H6/c1-2(4)3(5)6;1-2/h2,4H,1H3,(H,5,6);1-2H3. The average Bonchev–Trinajstić information content (AvgIpc) is 1.72. The maximum atomic E-state index is 9.45. The molecule has 0 aromatic carbocycles. The minimum Gasteiger partial charge on any atom is -0.479 e. The third kappa shape index (κ3) is 9.06. The van der Waals surface area contributed by atoms with Crippen LogP contribution in [0.3, 0.4) is 0 Å². The van der Waals surface area contributed by atoms with Crippen molar-refractivity contribution in [2.24, 2.45) is 0 Å². The number of aliphatic hydroxyl groups excluding tert-OH is 1. The lowest BCUT2D eigenvalue weighted by Crippen LogP contribution is -2.13. The summed E-state index contributed by atoms with van der Waals surface area (Å²) in [6, 6.07) is 0. The third-order valence-electron chi connectivity index (χ3n) is 0.357. The van der Waals surface area contributed by atoms with Crippen LogP contribution in [-0.4, -0.2) is 22.3 Å². The fraction of sp³-hybridized carbons (Fsp3) is 0.800. The van der Waals surface area contributed by atoms with Crippen molar-refractivity contribution in [3.05, 3.63) is 0 Å². The summed E-state index contributed by atoms with van der Waals surface area (Å²) in [6.45, 7) is 5.20. The van der Waals surface area contributed by atoms with Crippen LogP contribution in [-0.2, 0) is 4.79 Å². The summed E-state index contributed by atoms with van der Waals surface area (Å²) >= 11 is 0. The zero-order chi connectivity index (χ0) is 7.15. The third-order valence-corrected chi connectivity index (χ3v) is 0.357. The van der Waals surface area contributed by atoms with E-state index in [1.54, 1.807) is 0 Å². The molecule has 0 spiro atoms. The summed E-state index contributed by atoms with van der Waals surface area (Å²) in [5.74, 6) is -1.19. The van der Waals surface area contributed by atoms with Crippen molar-refractivity contribution in [3.63, 3.8) is 0 Å². The Morgan fingerprint density at radius 3 is 1.62 bits per heavy atom. The molecule has 0 aromatic heterocycles. The molecular weight excluding hydrogens is 108 g/mol. The Labute approximate surface area is 49.0 Å². The zero-order valence-corrected chi connectivity index (χ0v) is 5.38. The topological polar surface area (TPSA) is 57.5 Å². The Hall–Kier alpha value is -0.570. The lowest BCUT2D eigenvalue weighted by Gasteiger charge is -1.89. The van der Waals surface area contributed by atoms with E-state index in [0.717, 1.165) is 0 Å². The largest absolute Gasteiger partial charge is 0.479 e. The summed E-state index contributed by atoms with van der Waals surface area (Å²) in [6.07, 6.45) is -1.23. The van der Waals surface area contributed by atoms with E-state index in [4.69, 9.17) is 10.2 Å². The van der Waals surface area contributed by atoms with E-state index in [9.17, 15) is 4.79 Å². The number of carbonyl (C=O) groups is 1. The first kappa shape index (κ1) is 10.4. The van der Waals surface area contributed by atoms with Crippen LogP contribution in [0.25, 0.3) is 0 Å². The van der Waals surface area contributed by atoms with Gasteiger partial charge in [0.05, 0.1) is 0 Å². The Kier molecular flexibility index (Phi) is 8.37. The monoisotopic (exact) mass is 120 g/mol. The molecule has 0 fully saturated rings. The van der Waals surface area contributed by atoms with Gasteiger partial charge in [-0.3, -0.25) is 0 Å². The van der Waals surface area contributed by atoms with Gasteiger partial charge in [-0.1, -0.05) is 13.8 Å². The van der Waals surface area contributed by atoms with Gasteiger partial charge < -0.3 is 10.2 Å². The molecule has 8 heavy (non-hydrogen) atoms. The fourth-order valence-corrected chi connectivity index (χ4v) is 0. The van der Waals surface area contributed by atoms with Crippen molar-refractivity contribution in [3.8, 4) is 0 Å². The van der Waals surface area contributed by atoms with E-state index >= 15 is 0 Å². The van der Waals surface area contributed by atoms with Gasteiger partial charge in [-0.15, -0.1) is 0 Å². The molecule has 2 N–H and O–H groups in total. The molecular formula is C5H12O3. The van der Waals surface area contributed by atoms with E-state index in [2.05, 4.69) is 0 Å². The molecule has 1 unspecified atom stereocenters. The summed E-state index contributed by atoms with van der Waals surface area (Å²) in [4.78, 5) is 9.45. The highest BCUT2D eigenvalue weighted by molar-refractivity contribution is 5.71. The van der Waals surface area contributed by atoms with Crippen LogP contribution >= 0.6 is 0 Å². The second-order valence-electron chi connectivity index (χ2n) is 1.01. The molecule has 0 amide bonds. The van der Waals surface area contributed by atoms with Gasteiger partial charge in [0, 0.05) is 0 Å². The molecule has 0 heterocycles. The Bertz CT molecular complexity index is 58.7. The molecule has 0 aliphatic heterocycles. The van der Waals surface area contributed by atoms with E-state index in [0.29, 0.717) is 0 Å². The van der Waals surface area contributed by atoms with Crippen molar-refractivity contribution in [2.75, 3.05) is 0 Å². The number of carboxylic acid groups (broad SMARTS) is 1. The molecule has 3 heteroatoms. The van der Waals surface area contributed by atoms with Gasteiger partial charge in [-0.25, -0.2) is 4.79 Å². The van der Waals surface area contributed by atoms with Crippen LogP contribution in [0.15, 0.2) is 0 Å². The van der Waals surface area contributed by atoms with E-state index in [1.807, 2.05) is 13.8 Å². The van der Waals surface area contributed by atoms with Crippen molar-refractivity contribution >= 4 is 5.97 Å². The van der Waals surface area contributed by atoms with Crippen LogP contribution in [0.2, 0.25) is 0 Å². The molecule has 0 bridgehead atoms. The highest BCUT2D eigenvalue weighted by atomic mass is 16.4. The SMILES string of the molecule is CC.CC(O)C(=O)O. The summed E-state index contributed by atoms with van der Waals surface area (Å²) < 4.78 is 0. The van der Waals surface area contributed by atoms with E-state index in [-0.39, 0.29) is 0 Å². The summed E-state index contributed by atoms with van der Waals surface area (Å²) in [5.41, 5.74) is 0. The molecule has 1 atom stereocenters. The van der Waals surface area contributed by atoms with Crippen LogP contribution < -0.4 is 0 Å². The molecule has 0 radical (unpaired) electrons. The molecule has 0 aromatic rings. The molecule has 3 nitrogen and oxygen atoms in total. The second-order valence-corrected chi connectivity index (χ2v) is 1.01. The summed E-state index contributed by atoms with van der Waals surface area (Å²) in [5, 5.41) is 15.8. The van der Waals surface area contributed by atoms with Crippen molar-refractivity contribution in [1.82, 2.24) is 0 Å². The Balaban J connectivity index is 0. The predicted molar refractivity (Wildman–Crippen MR) is 30.7 cm³/mol. The van der Waals surface area contributed by atoms with Crippen LogP contribution in [0.5, 0.6) is 0 Å². The lowest BCUT2D eigenvalue weighted by molar-refractivity contribution is -0.145. The van der Waals surface area contributed by atoms with Crippen LogP contribution in [0.4, 0.5) is 0 Å². The van der Waals surface area contributed by atoms with Crippen LogP contribution in [0.1, 0.15) is 20.8 Å². The van der Waals surface area contributed by atoms with Crippen molar-refractivity contribution in [1.29, 1.82) is 0 Å². The number of aliphatic hydroxyl groups is 1. The minimum absolute atomic E-state index is 1.19. The first-order valence-corrected chi connectivity index (χ1v) is 2.55. The van der Waals surface area contributed by atoms with Gasteiger partial charge in [0.25, 0.3) is 0 Å². The molecule has 50 valence electrons. The smallest absolute Gasteiger partial charge is 0.332 e. The first-order chi connectivity index (χ1) is 3.64. The Morgan fingerprint density at radius 1 is 1.50 bits per heavy atom. The molecule has 0 aliphatic carbocycles. The van der Waals surface area contributed by atoms with Gasteiger partial charge in [0.1, 0.15) is 6.10 Å². The van der Waals surface area contributed by atoms with Gasteiger partial charge in [-0.2, -0.15) is 0 Å².